The first-order valence-electron chi connectivity index (χ1n) is 6.19. The molecule has 0 radical (unpaired) electrons. The van der Waals surface area contributed by atoms with E-state index in [2.05, 4.69) is 15.0 Å². The molecule has 0 bridgehead atoms. The van der Waals surface area contributed by atoms with Crippen LogP contribution < -0.4 is 5.56 Å². The van der Waals surface area contributed by atoms with Crippen molar-refractivity contribution in [1.29, 1.82) is 0 Å². The molecule has 1 aliphatic heterocycles. The number of H-pyrrole nitrogens is 1. The van der Waals surface area contributed by atoms with Gasteiger partial charge in [-0.3, -0.25) is 4.79 Å². The first-order valence-corrected chi connectivity index (χ1v) is 6.19. The Hall–Kier alpha value is -1.94. The van der Waals surface area contributed by atoms with Crippen LogP contribution in [0.2, 0.25) is 0 Å². The average molecular weight is 297 g/mol. The third-order valence-electron chi connectivity index (χ3n) is 3.41. The number of nitrogens with one attached hydrogen (secondary N) is 1. The van der Waals surface area contributed by atoms with Gasteiger partial charge in [-0.1, -0.05) is 0 Å². The van der Waals surface area contributed by atoms with E-state index >= 15 is 0 Å². The predicted octanol–water partition coefficient (Wildman–Crippen LogP) is -1.39. The lowest BCUT2D eigenvalue weighted by Crippen LogP contribution is -2.33. The zero-order valence-electron chi connectivity index (χ0n) is 10.6. The second-order valence-electron chi connectivity index (χ2n) is 4.74. The Morgan fingerprint density at radius 3 is 2.81 bits per heavy atom. The molecule has 3 heterocycles. The average Bonchev–Trinajstić information content (AvgIpc) is 2.75. The van der Waals surface area contributed by atoms with Gasteiger partial charge < -0.3 is 25.0 Å². The summed E-state index contributed by atoms with van der Waals surface area (Å²) in [7, 11) is 0. The molecule has 0 spiro atoms. The van der Waals surface area contributed by atoms with Gasteiger partial charge in [-0.2, -0.15) is 4.39 Å². The van der Waals surface area contributed by atoms with Crippen LogP contribution in [0.3, 0.4) is 0 Å². The van der Waals surface area contributed by atoms with Crippen LogP contribution in [0.5, 0.6) is 0 Å². The number of rotatable bonds is 2. The van der Waals surface area contributed by atoms with Gasteiger partial charge in [0.05, 0.1) is 18.4 Å². The first-order chi connectivity index (χ1) is 10.0. The number of aromatic amines is 1. The Kier molecular flexibility index (Phi) is 3.41. The number of aliphatic hydroxyl groups is 3. The summed E-state index contributed by atoms with van der Waals surface area (Å²) in [6.45, 7) is -0.505. The summed E-state index contributed by atoms with van der Waals surface area (Å²) in [5.74, 6) is -0.818. The second-order valence-corrected chi connectivity index (χ2v) is 4.74. The van der Waals surface area contributed by atoms with E-state index < -0.39 is 42.5 Å². The zero-order chi connectivity index (χ0) is 15.1. The maximum Gasteiger partial charge on any atom is 0.255 e. The van der Waals surface area contributed by atoms with Crippen LogP contribution in [0, 0.1) is 5.95 Å². The maximum atomic E-state index is 13.1. The molecule has 1 aliphatic rings. The van der Waals surface area contributed by atoms with E-state index in [4.69, 9.17) is 9.84 Å². The van der Waals surface area contributed by atoms with Crippen molar-refractivity contribution in [2.75, 3.05) is 6.61 Å². The van der Waals surface area contributed by atoms with E-state index in [1.807, 2.05) is 0 Å². The monoisotopic (exact) mass is 297 g/mol. The van der Waals surface area contributed by atoms with Crippen molar-refractivity contribution >= 4 is 11.2 Å². The molecule has 4 unspecified atom stereocenters. The van der Waals surface area contributed by atoms with Crippen molar-refractivity contribution in [3.05, 3.63) is 34.1 Å². The summed E-state index contributed by atoms with van der Waals surface area (Å²) < 4.78 is 18.4. The molecule has 0 aromatic carbocycles. The van der Waals surface area contributed by atoms with Crippen LogP contribution >= 0.6 is 0 Å². The summed E-state index contributed by atoms with van der Waals surface area (Å²) in [6, 6.07) is 1.24. The number of aromatic nitrogens is 3. The highest BCUT2D eigenvalue weighted by Gasteiger charge is 2.44. The molecule has 8 nitrogen and oxygen atoms in total. The van der Waals surface area contributed by atoms with Gasteiger partial charge in [0.25, 0.3) is 5.56 Å². The number of hydrogen-bond donors (Lipinski definition) is 4. The number of ether oxygens (including phenoxy) is 1. The number of halogens is 1. The summed E-state index contributed by atoms with van der Waals surface area (Å²) >= 11 is 0. The van der Waals surface area contributed by atoms with E-state index in [1.54, 1.807) is 0 Å². The summed E-state index contributed by atoms with van der Waals surface area (Å²) in [5, 5.41) is 28.7. The lowest BCUT2D eigenvalue weighted by atomic mass is 10.0. The van der Waals surface area contributed by atoms with Crippen molar-refractivity contribution in [1.82, 2.24) is 15.0 Å². The fourth-order valence-corrected chi connectivity index (χ4v) is 2.34. The fraction of sp³-hybridized carbons (Fsp3) is 0.417. The van der Waals surface area contributed by atoms with Gasteiger partial charge in [-0.05, 0) is 6.07 Å². The molecule has 3 rings (SSSR count). The van der Waals surface area contributed by atoms with Gasteiger partial charge in [0.1, 0.15) is 29.9 Å². The summed E-state index contributed by atoms with van der Waals surface area (Å²) in [5.41, 5.74) is -0.442. The molecule has 9 heteroatoms. The summed E-state index contributed by atoms with van der Waals surface area (Å²) in [6.07, 6.45) is -3.99. The van der Waals surface area contributed by atoms with Crippen LogP contribution in [-0.4, -0.2) is 55.2 Å². The Balaban J connectivity index is 2.08. The Labute approximate surface area is 116 Å². The molecule has 112 valence electrons. The lowest BCUT2D eigenvalue weighted by Gasteiger charge is -2.14. The highest BCUT2D eigenvalue weighted by atomic mass is 19.1. The van der Waals surface area contributed by atoms with Crippen LogP contribution in [0.4, 0.5) is 4.39 Å². The van der Waals surface area contributed by atoms with Gasteiger partial charge >= 0.3 is 0 Å². The second kappa shape index (κ2) is 5.11. The van der Waals surface area contributed by atoms with Gasteiger partial charge in [-0.15, -0.1) is 0 Å². The van der Waals surface area contributed by atoms with Gasteiger partial charge in [0.15, 0.2) is 5.65 Å². The van der Waals surface area contributed by atoms with Crippen molar-refractivity contribution in [2.45, 2.75) is 24.4 Å². The number of nitrogens with zero attached hydrogens (tertiary/aromatic N) is 2. The predicted molar refractivity (Wildman–Crippen MR) is 66.8 cm³/mol. The largest absolute Gasteiger partial charge is 0.394 e. The molecular formula is C12H12FN3O5. The molecule has 1 fully saturated rings. The van der Waals surface area contributed by atoms with Crippen molar-refractivity contribution < 1.29 is 24.4 Å². The molecule has 2 aromatic heterocycles. The fourth-order valence-electron chi connectivity index (χ4n) is 2.34. The molecule has 1 saturated heterocycles. The van der Waals surface area contributed by atoms with Crippen LogP contribution in [0.1, 0.15) is 11.7 Å². The van der Waals surface area contributed by atoms with E-state index in [9.17, 15) is 19.4 Å². The smallest absolute Gasteiger partial charge is 0.255 e. The highest BCUT2D eigenvalue weighted by Crippen LogP contribution is 2.32. The Morgan fingerprint density at radius 1 is 1.38 bits per heavy atom. The quantitative estimate of drug-likeness (QED) is 0.537. The molecule has 0 amide bonds. The van der Waals surface area contributed by atoms with E-state index in [0.29, 0.717) is 0 Å². The standard InChI is InChI=1S/C12H12FN3O5/c13-7-2-14-11-5(15-7)1-4(12(20)16-11)10-9(19)8(18)6(3-17)21-10/h1-2,6,8-10,17-19H,3H2,(H,14,16,20). The molecule has 0 saturated carbocycles. The van der Waals surface area contributed by atoms with E-state index in [1.165, 1.54) is 6.07 Å². The topological polar surface area (TPSA) is 129 Å². The Morgan fingerprint density at radius 2 is 2.14 bits per heavy atom. The first kappa shape index (κ1) is 14.0. The molecule has 2 aromatic rings. The lowest BCUT2D eigenvalue weighted by molar-refractivity contribution is -0.0231. The van der Waals surface area contributed by atoms with Crippen molar-refractivity contribution in [2.24, 2.45) is 0 Å². The third-order valence-corrected chi connectivity index (χ3v) is 3.41. The molecule has 21 heavy (non-hydrogen) atoms. The highest BCUT2D eigenvalue weighted by molar-refractivity contribution is 5.69. The third kappa shape index (κ3) is 2.29. The van der Waals surface area contributed by atoms with Crippen LogP contribution in [-0.2, 0) is 4.74 Å². The SMILES string of the molecule is O=c1[nH]c2ncc(F)nc2cc1C1OC(CO)C(O)C1O. The number of pyridine rings is 1. The van der Waals surface area contributed by atoms with E-state index in [0.717, 1.165) is 6.20 Å². The normalized spacial score (nSPS) is 29.1. The number of fused-ring (bicyclic) bond motifs is 1. The van der Waals surface area contributed by atoms with Crippen LogP contribution in [0.15, 0.2) is 17.1 Å². The number of hydrogen-bond acceptors (Lipinski definition) is 7. The maximum absolute atomic E-state index is 13.1. The summed E-state index contributed by atoms with van der Waals surface area (Å²) in [4.78, 5) is 21.7. The van der Waals surface area contributed by atoms with Crippen molar-refractivity contribution in [3.63, 3.8) is 0 Å². The van der Waals surface area contributed by atoms with Gasteiger partial charge in [0.2, 0.25) is 5.95 Å². The van der Waals surface area contributed by atoms with Gasteiger partial charge in [0, 0.05) is 0 Å². The minimum atomic E-state index is -1.39. The number of aliphatic hydroxyl groups excluding tert-OH is 3. The van der Waals surface area contributed by atoms with Crippen molar-refractivity contribution in [3.8, 4) is 0 Å². The molecule has 4 N–H and O–H groups in total. The molecule has 0 aliphatic carbocycles. The van der Waals surface area contributed by atoms with Crippen LogP contribution in [0.25, 0.3) is 11.2 Å². The van der Waals surface area contributed by atoms with E-state index in [-0.39, 0.29) is 16.7 Å². The molecular weight excluding hydrogens is 285 g/mol. The molecule has 4 atom stereocenters. The Bertz CT molecular complexity index is 736. The minimum Gasteiger partial charge on any atom is -0.394 e. The minimum absolute atomic E-state index is 0.0232. The van der Waals surface area contributed by atoms with Gasteiger partial charge in [-0.25, -0.2) is 9.97 Å². The zero-order valence-corrected chi connectivity index (χ0v) is 10.6.